The molecule has 1 rings (SSSR count). The monoisotopic (exact) mass is 179 g/mol. The Hall–Kier alpha value is -1.38. The molecule has 0 aliphatic heterocycles. The first-order valence-corrected chi connectivity index (χ1v) is 4.14. The van der Waals surface area contributed by atoms with Gasteiger partial charge in [-0.2, -0.15) is 0 Å². The molecule has 3 nitrogen and oxygen atoms in total. The number of carbonyl (C=O) groups excluding carboxylic acids is 2. The average molecular weight is 179 g/mol. The van der Waals surface area contributed by atoms with Crippen molar-refractivity contribution in [2.45, 2.75) is 26.3 Å². The van der Waals surface area contributed by atoms with Crippen molar-refractivity contribution in [1.29, 1.82) is 0 Å². The van der Waals surface area contributed by atoms with Gasteiger partial charge in [0.15, 0.2) is 12.1 Å². The fourth-order valence-electron chi connectivity index (χ4n) is 1.17. The summed E-state index contributed by atoms with van der Waals surface area (Å²) < 4.78 is 1.68. The van der Waals surface area contributed by atoms with Crippen LogP contribution in [0.5, 0.6) is 0 Å². The molecular weight excluding hydrogens is 166 g/mol. The highest BCUT2D eigenvalue weighted by Gasteiger charge is 2.26. The summed E-state index contributed by atoms with van der Waals surface area (Å²) in [5, 5.41) is 0. The van der Waals surface area contributed by atoms with Gasteiger partial charge in [0, 0.05) is 6.20 Å². The van der Waals surface area contributed by atoms with E-state index in [1.165, 1.54) is 6.92 Å². The zero-order valence-electron chi connectivity index (χ0n) is 8.07. The summed E-state index contributed by atoms with van der Waals surface area (Å²) in [6.45, 7) is 5.11. The lowest BCUT2D eigenvalue weighted by atomic mass is 10.00. The number of Topliss-reactive ketones (excluding diaryl/α,β-unsaturated/α-hetero) is 1. The topological polar surface area (TPSA) is 39.1 Å². The molecular formula is C10H13NO2. The van der Waals surface area contributed by atoms with Gasteiger partial charge in [0.2, 0.25) is 0 Å². The highest BCUT2D eigenvalue weighted by Crippen LogP contribution is 2.18. The van der Waals surface area contributed by atoms with E-state index in [0.29, 0.717) is 5.69 Å². The molecule has 1 aromatic rings. The Morgan fingerprint density at radius 2 is 2.15 bits per heavy atom. The molecule has 3 heteroatoms. The second-order valence-electron chi connectivity index (χ2n) is 3.54. The van der Waals surface area contributed by atoms with Gasteiger partial charge in [0.1, 0.15) is 0 Å². The van der Waals surface area contributed by atoms with Gasteiger partial charge in [-0.15, -0.1) is 0 Å². The van der Waals surface area contributed by atoms with Gasteiger partial charge in [-0.05, 0) is 32.9 Å². The first-order chi connectivity index (χ1) is 6.00. The maximum Gasteiger partial charge on any atom is 0.166 e. The fourth-order valence-corrected chi connectivity index (χ4v) is 1.17. The van der Waals surface area contributed by atoms with Gasteiger partial charge in [-0.25, -0.2) is 0 Å². The third-order valence-electron chi connectivity index (χ3n) is 2.36. The fraction of sp³-hybridized carbons (Fsp3) is 0.400. The molecule has 0 saturated carbocycles. The molecule has 0 amide bonds. The highest BCUT2D eigenvalue weighted by molar-refractivity contribution is 5.85. The van der Waals surface area contributed by atoms with Crippen LogP contribution in [0.1, 0.15) is 31.3 Å². The SMILES string of the molecule is CC(=O)C(C)(C)n1cccc1C=O. The normalized spacial score (nSPS) is 11.3. The highest BCUT2D eigenvalue weighted by atomic mass is 16.1. The van der Waals surface area contributed by atoms with Crippen LogP contribution in [-0.4, -0.2) is 16.6 Å². The lowest BCUT2D eigenvalue weighted by Crippen LogP contribution is -2.34. The summed E-state index contributed by atoms with van der Waals surface area (Å²) in [7, 11) is 0. The molecule has 0 aliphatic carbocycles. The molecule has 1 heterocycles. The maximum absolute atomic E-state index is 11.3. The predicted octanol–water partition coefficient (Wildman–Crippen LogP) is 1.62. The zero-order valence-corrected chi connectivity index (χ0v) is 8.07. The zero-order chi connectivity index (χ0) is 10.1. The molecule has 13 heavy (non-hydrogen) atoms. The van der Waals surface area contributed by atoms with Crippen LogP contribution in [0.2, 0.25) is 0 Å². The first kappa shape index (κ1) is 9.71. The summed E-state index contributed by atoms with van der Waals surface area (Å²) in [6.07, 6.45) is 2.50. The van der Waals surface area contributed by atoms with Crippen molar-refractivity contribution in [2.24, 2.45) is 0 Å². The molecule has 70 valence electrons. The number of nitrogens with zero attached hydrogens (tertiary/aromatic N) is 1. The van der Waals surface area contributed by atoms with E-state index in [4.69, 9.17) is 0 Å². The Bertz CT molecular complexity index is 336. The van der Waals surface area contributed by atoms with E-state index in [-0.39, 0.29) is 5.78 Å². The van der Waals surface area contributed by atoms with E-state index in [2.05, 4.69) is 0 Å². The van der Waals surface area contributed by atoms with E-state index in [0.717, 1.165) is 6.29 Å². The lowest BCUT2D eigenvalue weighted by molar-refractivity contribution is -0.123. The standard InChI is InChI=1S/C10H13NO2/c1-8(13)10(2,3)11-6-4-5-9(11)7-12/h4-7H,1-3H3. The smallest absolute Gasteiger partial charge is 0.166 e. The Balaban J connectivity index is 3.20. The van der Waals surface area contributed by atoms with Gasteiger partial charge >= 0.3 is 0 Å². The van der Waals surface area contributed by atoms with Crippen LogP contribution in [0.25, 0.3) is 0 Å². The first-order valence-electron chi connectivity index (χ1n) is 4.14. The Labute approximate surface area is 77.4 Å². The van der Waals surface area contributed by atoms with Crippen LogP contribution in [0, 0.1) is 0 Å². The Morgan fingerprint density at radius 1 is 1.54 bits per heavy atom. The van der Waals surface area contributed by atoms with E-state index in [1.807, 2.05) is 0 Å². The lowest BCUT2D eigenvalue weighted by Gasteiger charge is -2.24. The van der Waals surface area contributed by atoms with Crippen molar-refractivity contribution in [3.05, 3.63) is 24.0 Å². The van der Waals surface area contributed by atoms with E-state index >= 15 is 0 Å². The summed E-state index contributed by atoms with van der Waals surface area (Å²) in [5.41, 5.74) is -0.111. The van der Waals surface area contributed by atoms with E-state index in [9.17, 15) is 9.59 Å². The minimum absolute atomic E-state index is 0.0341. The third-order valence-corrected chi connectivity index (χ3v) is 2.36. The van der Waals surface area contributed by atoms with Crippen molar-refractivity contribution in [3.63, 3.8) is 0 Å². The number of ketones is 1. The number of rotatable bonds is 3. The van der Waals surface area contributed by atoms with Gasteiger partial charge < -0.3 is 4.57 Å². The van der Waals surface area contributed by atoms with Crippen LogP contribution in [0.3, 0.4) is 0 Å². The van der Waals surface area contributed by atoms with Gasteiger partial charge in [-0.1, -0.05) is 0 Å². The molecule has 0 radical (unpaired) electrons. The largest absolute Gasteiger partial charge is 0.333 e. The maximum atomic E-state index is 11.3. The molecule has 0 bridgehead atoms. The molecule has 1 aromatic heterocycles. The van der Waals surface area contributed by atoms with Crippen LogP contribution in [0.4, 0.5) is 0 Å². The van der Waals surface area contributed by atoms with Crippen LogP contribution in [-0.2, 0) is 10.3 Å². The van der Waals surface area contributed by atoms with Crippen LogP contribution < -0.4 is 0 Å². The minimum atomic E-state index is -0.639. The van der Waals surface area contributed by atoms with Crippen molar-refractivity contribution >= 4 is 12.1 Å². The number of carbonyl (C=O) groups is 2. The van der Waals surface area contributed by atoms with Gasteiger partial charge in [0.05, 0.1) is 11.2 Å². The van der Waals surface area contributed by atoms with Crippen molar-refractivity contribution < 1.29 is 9.59 Å². The third kappa shape index (κ3) is 1.54. The van der Waals surface area contributed by atoms with E-state index < -0.39 is 5.54 Å². The molecule has 0 spiro atoms. The van der Waals surface area contributed by atoms with Crippen LogP contribution in [0.15, 0.2) is 18.3 Å². The molecule has 0 saturated heterocycles. The number of aldehydes is 1. The summed E-state index contributed by atoms with van der Waals surface area (Å²) >= 11 is 0. The molecule has 0 unspecified atom stereocenters. The van der Waals surface area contributed by atoms with Crippen LogP contribution >= 0.6 is 0 Å². The summed E-state index contributed by atoms with van der Waals surface area (Å²) in [6, 6.07) is 3.45. The molecule has 0 fully saturated rings. The van der Waals surface area contributed by atoms with Gasteiger partial charge in [0.25, 0.3) is 0 Å². The molecule has 0 aromatic carbocycles. The number of hydrogen-bond acceptors (Lipinski definition) is 2. The van der Waals surface area contributed by atoms with Crippen molar-refractivity contribution in [2.75, 3.05) is 0 Å². The second-order valence-corrected chi connectivity index (χ2v) is 3.54. The molecule has 0 aliphatic rings. The summed E-state index contributed by atoms with van der Waals surface area (Å²) in [4.78, 5) is 21.9. The van der Waals surface area contributed by atoms with Crippen molar-refractivity contribution in [1.82, 2.24) is 4.57 Å². The predicted molar refractivity (Wildman–Crippen MR) is 49.8 cm³/mol. The van der Waals surface area contributed by atoms with E-state index in [1.54, 1.807) is 36.7 Å². The average Bonchev–Trinajstić information content (AvgIpc) is 2.51. The summed E-state index contributed by atoms with van der Waals surface area (Å²) in [5.74, 6) is 0.0341. The Kier molecular flexibility index (Phi) is 2.36. The Morgan fingerprint density at radius 3 is 2.62 bits per heavy atom. The van der Waals surface area contributed by atoms with Gasteiger partial charge in [-0.3, -0.25) is 9.59 Å². The molecule has 0 N–H and O–H groups in total. The minimum Gasteiger partial charge on any atom is -0.333 e. The quantitative estimate of drug-likeness (QED) is 0.661. The number of hydrogen-bond donors (Lipinski definition) is 0. The van der Waals surface area contributed by atoms with Crippen molar-refractivity contribution in [3.8, 4) is 0 Å². The second kappa shape index (κ2) is 3.17. The molecule has 0 atom stereocenters. The number of aromatic nitrogens is 1.